The van der Waals surface area contributed by atoms with Crippen molar-refractivity contribution in [2.75, 3.05) is 19.0 Å². The molecule has 0 heterocycles. The SMILES string of the molecule is CCc1cccc(C)c1NC(=O)N[C@@H](C)COC. The third kappa shape index (κ3) is 4.04. The van der Waals surface area contributed by atoms with Crippen LogP contribution < -0.4 is 10.6 Å². The maximum atomic E-state index is 11.8. The second kappa shape index (κ2) is 7.01. The highest BCUT2D eigenvalue weighted by atomic mass is 16.5. The first kappa shape index (κ1) is 14.5. The van der Waals surface area contributed by atoms with E-state index in [2.05, 4.69) is 17.6 Å². The van der Waals surface area contributed by atoms with Gasteiger partial charge in [0.05, 0.1) is 12.6 Å². The lowest BCUT2D eigenvalue weighted by atomic mass is 10.1. The molecule has 1 atom stereocenters. The summed E-state index contributed by atoms with van der Waals surface area (Å²) in [7, 11) is 1.62. The van der Waals surface area contributed by atoms with Gasteiger partial charge in [-0.15, -0.1) is 0 Å². The molecule has 1 aromatic carbocycles. The van der Waals surface area contributed by atoms with Crippen LogP contribution in [0.15, 0.2) is 18.2 Å². The second-order valence-corrected chi connectivity index (χ2v) is 4.42. The van der Waals surface area contributed by atoms with Gasteiger partial charge in [-0.1, -0.05) is 25.1 Å². The summed E-state index contributed by atoms with van der Waals surface area (Å²) in [6, 6.07) is 5.83. The van der Waals surface area contributed by atoms with E-state index in [-0.39, 0.29) is 12.1 Å². The predicted octanol–water partition coefficient (Wildman–Crippen LogP) is 2.71. The van der Waals surface area contributed by atoms with E-state index in [0.717, 1.165) is 23.2 Å². The predicted molar refractivity (Wildman–Crippen MR) is 74.0 cm³/mol. The maximum absolute atomic E-state index is 11.8. The summed E-state index contributed by atoms with van der Waals surface area (Å²) in [4.78, 5) is 11.8. The fraction of sp³-hybridized carbons (Fsp3) is 0.500. The number of anilines is 1. The van der Waals surface area contributed by atoms with E-state index in [1.807, 2.05) is 32.0 Å². The van der Waals surface area contributed by atoms with Crippen molar-refractivity contribution >= 4 is 11.7 Å². The van der Waals surface area contributed by atoms with Crippen LogP contribution in [0.5, 0.6) is 0 Å². The quantitative estimate of drug-likeness (QED) is 0.844. The molecule has 0 aliphatic carbocycles. The standard InChI is InChI=1S/C14H22N2O2/c1-5-12-8-6-7-10(2)13(12)16-14(17)15-11(3)9-18-4/h6-8,11H,5,9H2,1-4H3,(H2,15,16,17)/t11-/m0/s1. The van der Waals surface area contributed by atoms with E-state index in [1.54, 1.807) is 7.11 Å². The van der Waals surface area contributed by atoms with Crippen LogP contribution >= 0.6 is 0 Å². The van der Waals surface area contributed by atoms with Crippen LogP contribution in [0, 0.1) is 6.92 Å². The Morgan fingerprint density at radius 3 is 2.78 bits per heavy atom. The number of amides is 2. The van der Waals surface area contributed by atoms with Gasteiger partial charge in [-0.3, -0.25) is 0 Å². The highest BCUT2D eigenvalue weighted by molar-refractivity contribution is 5.91. The number of rotatable bonds is 5. The van der Waals surface area contributed by atoms with Crippen LogP contribution in [-0.2, 0) is 11.2 Å². The van der Waals surface area contributed by atoms with E-state index in [0.29, 0.717) is 6.61 Å². The van der Waals surface area contributed by atoms with Gasteiger partial charge in [0.15, 0.2) is 0 Å². The topological polar surface area (TPSA) is 50.4 Å². The molecule has 2 N–H and O–H groups in total. The fourth-order valence-corrected chi connectivity index (χ4v) is 1.87. The highest BCUT2D eigenvalue weighted by Gasteiger charge is 2.10. The molecule has 0 aliphatic heterocycles. The molecule has 0 fully saturated rings. The Kier molecular flexibility index (Phi) is 5.65. The molecule has 0 saturated heterocycles. The molecular weight excluding hydrogens is 228 g/mol. The number of ether oxygens (including phenoxy) is 1. The van der Waals surface area contributed by atoms with Gasteiger partial charge >= 0.3 is 6.03 Å². The van der Waals surface area contributed by atoms with E-state index in [4.69, 9.17) is 4.74 Å². The molecule has 4 heteroatoms. The molecule has 0 aromatic heterocycles. The lowest BCUT2D eigenvalue weighted by Gasteiger charge is -2.16. The highest BCUT2D eigenvalue weighted by Crippen LogP contribution is 2.20. The van der Waals surface area contributed by atoms with Gasteiger partial charge < -0.3 is 15.4 Å². The molecule has 2 amide bonds. The smallest absolute Gasteiger partial charge is 0.319 e. The molecule has 0 saturated carbocycles. The van der Waals surface area contributed by atoms with Crippen LogP contribution in [0.1, 0.15) is 25.0 Å². The van der Waals surface area contributed by atoms with Crippen LogP contribution in [0.4, 0.5) is 10.5 Å². The largest absolute Gasteiger partial charge is 0.383 e. The number of carbonyl (C=O) groups is 1. The zero-order chi connectivity index (χ0) is 13.5. The number of hydrogen-bond acceptors (Lipinski definition) is 2. The first-order chi connectivity index (χ1) is 8.58. The average molecular weight is 250 g/mol. The molecule has 0 aliphatic rings. The lowest BCUT2D eigenvalue weighted by Crippen LogP contribution is -2.38. The van der Waals surface area contributed by atoms with Gasteiger partial charge in [0.25, 0.3) is 0 Å². The van der Waals surface area contributed by atoms with E-state index < -0.39 is 0 Å². The number of aryl methyl sites for hydroxylation is 2. The number of urea groups is 1. The van der Waals surface area contributed by atoms with Crippen molar-refractivity contribution in [1.29, 1.82) is 0 Å². The molecule has 18 heavy (non-hydrogen) atoms. The molecular formula is C14H22N2O2. The van der Waals surface area contributed by atoms with Crippen LogP contribution in [-0.4, -0.2) is 25.8 Å². The van der Waals surface area contributed by atoms with Crippen molar-refractivity contribution in [3.05, 3.63) is 29.3 Å². The third-order valence-electron chi connectivity index (χ3n) is 2.77. The Balaban J connectivity index is 2.69. The van der Waals surface area contributed by atoms with Crippen molar-refractivity contribution in [3.8, 4) is 0 Å². The number of benzene rings is 1. The maximum Gasteiger partial charge on any atom is 0.319 e. The van der Waals surface area contributed by atoms with Crippen molar-refractivity contribution in [2.24, 2.45) is 0 Å². The summed E-state index contributed by atoms with van der Waals surface area (Å²) < 4.78 is 4.98. The summed E-state index contributed by atoms with van der Waals surface area (Å²) >= 11 is 0. The number of carbonyl (C=O) groups excluding carboxylic acids is 1. The normalized spacial score (nSPS) is 12.0. The zero-order valence-electron chi connectivity index (χ0n) is 11.5. The molecule has 0 spiro atoms. The first-order valence-electron chi connectivity index (χ1n) is 6.23. The molecule has 0 bridgehead atoms. The Labute approximate surface area is 109 Å². The molecule has 1 rings (SSSR count). The summed E-state index contributed by atoms with van der Waals surface area (Å²) in [5, 5.41) is 5.75. The van der Waals surface area contributed by atoms with Gasteiger partial charge in [0, 0.05) is 12.8 Å². The molecule has 1 aromatic rings. The van der Waals surface area contributed by atoms with Gasteiger partial charge in [-0.2, -0.15) is 0 Å². The molecule has 4 nitrogen and oxygen atoms in total. The minimum atomic E-state index is -0.191. The fourth-order valence-electron chi connectivity index (χ4n) is 1.87. The first-order valence-corrected chi connectivity index (χ1v) is 6.23. The number of methoxy groups -OCH3 is 1. The average Bonchev–Trinajstić information content (AvgIpc) is 2.31. The van der Waals surface area contributed by atoms with Crippen LogP contribution in [0.25, 0.3) is 0 Å². The second-order valence-electron chi connectivity index (χ2n) is 4.42. The molecule has 100 valence electrons. The van der Waals surface area contributed by atoms with Crippen molar-refractivity contribution < 1.29 is 9.53 Å². The summed E-state index contributed by atoms with van der Waals surface area (Å²) in [5.41, 5.74) is 3.12. The number of para-hydroxylation sites is 1. The Bertz CT molecular complexity index is 405. The van der Waals surface area contributed by atoms with Crippen LogP contribution in [0.3, 0.4) is 0 Å². The van der Waals surface area contributed by atoms with Crippen LogP contribution in [0.2, 0.25) is 0 Å². The Morgan fingerprint density at radius 1 is 1.44 bits per heavy atom. The number of hydrogen-bond donors (Lipinski definition) is 2. The van der Waals surface area contributed by atoms with Gasteiger partial charge in [-0.05, 0) is 31.4 Å². The Morgan fingerprint density at radius 2 is 2.17 bits per heavy atom. The van der Waals surface area contributed by atoms with E-state index in [9.17, 15) is 4.79 Å². The summed E-state index contributed by atoms with van der Waals surface area (Å²) in [6.07, 6.45) is 0.894. The monoisotopic (exact) mass is 250 g/mol. The summed E-state index contributed by atoms with van der Waals surface area (Å²) in [6.45, 7) is 6.47. The lowest BCUT2D eigenvalue weighted by molar-refractivity contribution is 0.173. The minimum Gasteiger partial charge on any atom is -0.383 e. The third-order valence-corrected chi connectivity index (χ3v) is 2.77. The minimum absolute atomic E-state index is 0.0101. The van der Waals surface area contributed by atoms with Gasteiger partial charge in [0.2, 0.25) is 0 Å². The number of nitrogens with one attached hydrogen (secondary N) is 2. The molecule has 0 unspecified atom stereocenters. The zero-order valence-corrected chi connectivity index (χ0v) is 11.5. The summed E-state index contributed by atoms with van der Waals surface area (Å²) in [5.74, 6) is 0. The Hall–Kier alpha value is -1.55. The van der Waals surface area contributed by atoms with Crippen molar-refractivity contribution in [2.45, 2.75) is 33.2 Å². The van der Waals surface area contributed by atoms with Crippen molar-refractivity contribution in [3.63, 3.8) is 0 Å². The van der Waals surface area contributed by atoms with Gasteiger partial charge in [-0.25, -0.2) is 4.79 Å². The van der Waals surface area contributed by atoms with Gasteiger partial charge in [0.1, 0.15) is 0 Å². The van der Waals surface area contributed by atoms with E-state index in [1.165, 1.54) is 0 Å². The van der Waals surface area contributed by atoms with Crippen molar-refractivity contribution in [1.82, 2.24) is 5.32 Å². The molecule has 0 radical (unpaired) electrons. The van der Waals surface area contributed by atoms with E-state index >= 15 is 0 Å².